The van der Waals surface area contributed by atoms with E-state index >= 15 is 0 Å². The van der Waals surface area contributed by atoms with Crippen LogP contribution in [-0.4, -0.2) is 11.1 Å². The minimum atomic E-state index is -0.645. The molecule has 0 amide bonds. The van der Waals surface area contributed by atoms with Crippen LogP contribution in [0.25, 0.3) is 0 Å². The molecule has 2 aliphatic carbocycles. The van der Waals surface area contributed by atoms with Crippen molar-refractivity contribution in [3.63, 3.8) is 0 Å². The van der Waals surface area contributed by atoms with Gasteiger partial charge in [-0.2, -0.15) is 0 Å². The molecular weight excluding hydrogens is 220 g/mol. The Morgan fingerprint density at radius 2 is 2.19 bits per heavy atom. The van der Waals surface area contributed by atoms with Crippen LogP contribution in [0.3, 0.4) is 0 Å². The smallest absolute Gasteiger partial charge is 0.304 e. The van der Waals surface area contributed by atoms with Crippen LogP contribution in [0.1, 0.15) is 47.4 Å². The SMILES string of the molecule is O=C(O)CC1(c2cc3c(s2)CCC3)CCC1. The number of carbonyl (C=O) groups is 1. The zero-order valence-corrected chi connectivity index (χ0v) is 10.1. The summed E-state index contributed by atoms with van der Waals surface area (Å²) in [5.41, 5.74) is 1.50. The highest BCUT2D eigenvalue weighted by Gasteiger charge is 2.42. The van der Waals surface area contributed by atoms with Gasteiger partial charge in [-0.15, -0.1) is 11.3 Å². The summed E-state index contributed by atoms with van der Waals surface area (Å²) in [6, 6.07) is 2.30. The van der Waals surface area contributed by atoms with Gasteiger partial charge in [-0.25, -0.2) is 0 Å². The molecule has 3 heteroatoms. The fourth-order valence-corrected chi connectivity index (χ4v) is 4.49. The van der Waals surface area contributed by atoms with E-state index in [1.807, 2.05) is 11.3 Å². The first-order valence-electron chi connectivity index (χ1n) is 6.03. The first-order valence-corrected chi connectivity index (χ1v) is 6.85. The number of aryl methyl sites for hydroxylation is 2. The van der Waals surface area contributed by atoms with Crippen LogP contribution in [0.2, 0.25) is 0 Å². The zero-order chi connectivity index (χ0) is 11.2. The molecule has 1 fully saturated rings. The van der Waals surface area contributed by atoms with E-state index in [1.165, 1.54) is 41.0 Å². The summed E-state index contributed by atoms with van der Waals surface area (Å²) >= 11 is 1.88. The first-order chi connectivity index (χ1) is 7.70. The number of carboxylic acid groups (broad SMARTS) is 1. The highest BCUT2D eigenvalue weighted by atomic mass is 32.1. The number of aliphatic carboxylic acids is 1. The molecule has 0 unspecified atom stereocenters. The van der Waals surface area contributed by atoms with Crippen molar-refractivity contribution in [3.8, 4) is 0 Å². The van der Waals surface area contributed by atoms with Gasteiger partial charge in [0.1, 0.15) is 0 Å². The Bertz CT molecular complexity index is 408. The van der Waals surface area contributed by atoms with E-state index < -0.39 is 5.97 Å². The standard InChI is InChI=1S/C13H16O2S/c14-12(15)8-13(5-2-6-13)11-7-9-3-1-4-10(9)16-11/h7H,1-6,8H2,(H,14,15). The molecule has 1 heterocycles. The summed E-state index contributed by atoms with van der Waals surface area (Å²) in [5.74, 6) is -0.645. The third-order valence-electron chi connectivity index (χ3n) is 4.07. The van der Waals surface area contributed by atoms with Gasteiger partial charge in [-0.05, 0) is 43.7 Å². The molecule has 0 radical (unpaired) electrons. The van der Waals surface area contributed by atoms with E-state index in [9.17, 15) is 4.79 Å². The summed E-state index contributed by atoms with van der Waals surface area (Å²) in [5, 5.41) is 9.03. The molecule has 1 aromatic rings. The maximum atomic E-state index is 11.0. The summed E-state index contributed by atoms with van der Waals surface area (Å²) in [6.45, 7) is 0. The Labute approximate surface area is 99.3 Å². The van der Waals surface area contributed by atoms with E-state index in [2.05, 4.69) is 6.07 Å². The van der Waals surface area contributed by atoms with Gasteiger partial charge in [-0.3, -0.25) is 4.79 Å². The van der Waals surface area contributed by atoms with Crippen LogP contribution in [0.4, 0.5) is 0 Å². The number of fused-ring (bicyclic) bond motifs is 1. The Balaban J connectivity index is 1.91. The van der Waals surface area contributed by atoms with E-state index in [-0.39, 0.29) is 5.41 Å². The Morgan fingerprint density at radius 1 is 1.38 bits per heavy atom. The lowest BCUT2D eigenvalue weighted by Gasteiger charge is -2.40. The lowest BCUT2D eigenvalue weighted by molar-refractivity contribution is -0.139. The number of hydrogen-bond acceptors (Lipinski definition) is 2. The molecule has 86 valence electrons. The molecule has 2 aliphatic rings. The number of thiophene rings is 1. The quantitative estimate of drug-likeness (QED) is 0.875. The van der Waals surface area contributed by atoms with E-state index in [0.29, 0.717) is 6.42 Å². The third-order valence-corrected chi connectivity index (χ3v) is 5.55. The molecule has 1 N–H and O–H groups in total. The topological polar surface area (TPSA) is 37.3 Å². The summed E-state index contributed by atoms with van der Waals surface area (Å²) in [7, 11) is 0. The molecule has 16 heavy (non-hydrogen) atoms. The van der Waals surface area contributed by atoms with Crippen LogP contribution in [0, 0.1) is 0 Å². The molecule has 3 rings (SSSR count). The monoisotopic (exact) mass is 236 g/mol. The number of hydrogen-bond donors (Lipinski definition) is 1. The van der Waals surface area contributed by atoms with Crippen molar-refractivity contribution < 1.29 is 9.90 Å². The van der Waals surface area contributed by atoms with Gasteiger partial charge in [0, 0.05) is 15.2 Å². The maximum Gasteiger partial charge on any atom is 0.304 e. The Morgan fingerprint density at radius 3 is 2.75 bits per heavy atom. The van der Waals surface area contributed by atoms with Gasteiger partial charge >= 0.3 is 5.97 Å². The number of carboxylic acids is 1. The second-order valence-corrected chi connectivity index (χ2v) is 6.25. The van der Waals surface area contributed by atoms with E-state index in [4.69, 9.17) is 5.11 Å². The van der Waals surface area contributed by atoms with Crippen molar-refractivity contribution in [2.75, 3.05) is 0 Å². The number of rotatable bonds is 3. The van der Waals surface area contributed by atoms with Crippen LogP contribution < -0.4 is 0 Å². The third kappa shape index (κ3) is 1.49. The van der Waals surface area contributed by atoms with Crippen LogP contribution in [0.5, 0.6) is 0 Å². The predicted molar refractivity (Wildman–Crippen MR) is 64.1 cm³/mol. The normalized spacial score (nSPS) is 21.5. The van der Waals surface area contributed by atoms with Crippen LogP contribution in [0.15, 0.2) is 6.07 Å². The first kappa shape index (κ1) is 10.3. The van der Waals surface area contributed by atoms with Gasteiger partial charge in [0.15, 0.2) is 0 Å². The van der Waals surface area contributed by atoms with Crippen molar-refractivity contribution in [3.05, 3.63) is 21.4 Å². The summed E-state index contributed by atoms with van der Waals surface area (Å²) < 4.78 is 0. The average molecular weight is 236 g/mol. The van der Waals surface area contributed by atoms with Gasteiger partial charge in [0.05, 0.1) is 6.42 Å². The van der Waals surface area contributed by atoms with Crippen molar-refractivity contribution in [2.24, 2.45) is 0 Å². The van der Waals surface area contributed by atoms with E-state index in [1.54, 1.807) is 0 Å². The fraction of sp³-hybridized carbons (Fsp3) is 0.615. The Kier molecular flexibility index (Phi) is 2.32. The van der Waals surface area contributed by atoms with Crippen molar-refractivity contribution in [1.29, 1.82) is 0 Å². The molecule has 1 aromatic heterocycles. The molecule has 0 aromatic carbocycles. The zero-order valence-electron chi connectivity index (χ0n) is 9.29. The average Bonchev–Trinajstić information content (AvgIpc) is 2.69. The van der Waals surface area contributed by atoms with Gasteiger partial charge < -0.3 is 5.11 Å². The minimum Gasteiger partial charge on any atom is -0.481 e. The van der Waals surface area contributed by atoms with Crippen LogP contribution >= 0.6 is 11.3 Å². The van der Waals surface area contributed by atoms with Crippen molar-refractivity contribution >= 4 is 17.3 Å². The van der Waals surface area contributed by atoms with Gasteiger partial charge in [0.2, 0.25) is 0 Å². The molecule has 0 atom stereocenters. The molecule has 1 saturated carbocycles. The maximum absolute atomic E-state index is 11.0. The highest BCUT2D eigenvalue weighted by Crippen LogP contribution is 2.50. The summed E-state index contributed by atoms with van der Waals surface area (Å²) in [4.78, 5) is 13.8. The van der Waals surface area contributed by atoms with Crippen molar-refractivity contribution in [2.45, 2.75) is 50.4 Å². The second-order valence-electron chi connectivity index (χ2n) is 5.12. The molecule has 0 bridgehead atoms. The Hall–Kier alpha value is -0.830. The second kappa shape index (κ2) is 3.59. The van der Waals surface area contributed by atoms with Gasteiger partial charge in [0.25, 0.3) is 0 Å². The molecule has 0 saturated heterocycles. The minimum absolute atomic E-state index is 0.000833. The van der Waals surface area contributed by atoms with E-state index in [0.717, 1.165) is 12.8 Å². The van der Waals surface area contributed by atoms with Crippen molar-refractivity contribution in [1.82, 2.24) is 0 Å². The predicted octanol–water partition coefficient (Wildman–Crippen LogP) is 3.13. The molecule has 2 nitrogen and oxygen atoms in total. The van der Waals surface area contributed by atoms with Gasteiger partial charge in [-0.1, -0.05) is 6.42 Å². The fourth-order valence-electron chi connectivity index (χ4n) is 2.99. The summed E-state index contributed by atoms with van der Waals surface area (Å²) in [6.07, 6.45) is 7.35. The largest absolute Gasteiger partial charge is 0.481 e. The lowest BCUT2D eigenvalue weighted by Crippen LogP contribution is -2.35. The molecular formula is C13H16O2S. The molecule has 0 spiro atoms. The molecule has 0 aliphatic heterocycles. The lowest BCUT2D eigenvalue weighted by atomic mass is 9.65. The highest BCUT2D eigenvalue weighted by molar-refractivity contribution is 7.12. The van der Waals surface area contributed by atoms with Crippen LogP contribution in [-0.2, 0) is 23.1 Å².